The molecule has 0 saturated carbocycles. The number of nitrogen functional groups attached to an aromatic ring is 1. The number of aryl methyl sites for hydroxylation is 1. The number of benzene rings is 2. The van der Waals surface area contributed by atoms with E-state index in [9.17, 15) is 8.42 Å². The molecular weight excluding hydrogens is 308 g/mol. The number of nitrogens with one attached hydrogen (secondary N) is 1. The molecule has 21 heavy (non-hydrogen) atoms. The Kier molecular flexibility index (Phi) is 3.26. The predicted molar refractivity (Wildman–Crippen MR) is 83.8 cm³/mol. The largest absolute Gasteiger partial charge is 0.398 e. The highest BCUT2D eigenvalue weighted by molar-refractivity contribution is 7.93. The van der Waals surface area contributed by atoms with Crippen LogP contribution in [0.1, 0.15) is 5.82 Å². The summed E-state index contributed by atoms with van der Waals surface area (Å²) >= 11 is 1.00. The van der Waals surface area contributed by atoms with Crippen LogP contribution in [-0.4, -0.2) is 17.8 Å². The van der Waals surface area contributed by atoms with Gasteiger partial charge in [0.05, 0.1) is 4.90 Å². The van der Waals surface area contributed by atoms with E-state index in [4.69, 9.17) is 5.73 Å². The van der Waals surface area contributed by atoms with Crippen molar-refractivity contribution in [2.24, 2.45) is 0 Å². The van der Waals surface area contributed by atoms with Crippen LogP contribution >= 0.6 is 11.5 Å². The van der Waals surface area contributed by atoms with E-state index in [1.165, 1.54) is 6.07 Å². The Morgan fingerprint density at radius 1 is 1.14 bits per heavy atom. The zero-order valence-electron chi connectivity index (χ0n) is 11.1. The summed E-state index contributed by atoms with van der Waals surface area (Å²) in [5.74, 6) is 0.528. The summed E-state index contributed by atoms with van der Waals surface area (Å²) in [7, 11) is -3.74. The van der Waals surface area contributed by atoms with Gasteiger partial charge in [0.1, 0.15) is 5.82 Å². The first-order valence-corrected chi connectivity index (χ1v) is 8.33. The molecule has 0 aliphatic carbocycles. The van der Waals surface area contributed by atoms with Gasteiger partial charge in [-0.25, -0.2) is 13.4 Å². The lowest BCUT2D eigenvalue weighted by Gasteiger charge is -2.09. The number of fused-ring (bicyclic) bond motifs is 1. The molecule has 0 atom stereocenters. The van der Waals surface area contributed by atoms with Crippen LogP contribution in [0.25, 0.3) is 10.8 Å². The Morgan fingerprint density at radius 2 is 1.86 bits per heavy atom. The highest BCUT2D eigenvalue weighted by Crippen LogP contribution is 2.29. The Bertz CT molecular complexity index is 919. The van der Waals surface area contributed by atoms with Gasteiger partial charge in [-0.2, -0.15) is 4.37 Å². The summed E-state index contributed by atoms with van der Waals surface area (Å²) < 4.78 is 31.4. The van der Waals surface area contributed by atoms with Gasteiger partial charge >= 0.3 is 0 Å². The Hall–Kier alpha value is -2.19. The maximum Gasteiger partial charge on any atom is 0.264 e. The molecular formula is C13H12N4O2S2. The van der Waals surface area contributed by atoms with Crippen molar-refractivity contribution in [3.05, 3.63) is 42.2 Å². The Labute approximate surface area is 125 Å². The first-order valence-electron chi connectivity index (χ1n) is 6.08. The van der Waals surface area contributed by atoms with Crippen molar-refractivity contribution in [2.45, 2.75) is 11.8 Å². The van der Waals surface area contributed by atoms with E-state index in [-0.39, 0.29) is 10.0 Å². The van der Waals surface area contributed by atoms with Crippen molar-refractivity contribution in [3.63, 3.8) is 0 Å². The van der Waals surface area contributed by atoms with Crippen LogP contribution in [0.2, 0.25) is 0 Å². The SMILES string of the molecule is Cc1nsc(NS(=O)(=O)c2ccc(N)c3ccccc23)n1. The molecule has 8 heteroatoms. The third kappa shape index (κ3) is 2.55. The van der Waals surface area contributed by atoms with E-state index < -0.39 is 10.0 Å². The average Bonchev–Trinajstić information content (AvgIpc) is 2.83. The normalized spacial score (nSPS) is 11.7. The van der Waals surface area contributed by atoms with Gasteiger partial charge in [-0.1, -0.05) is 24.3 Å². The summed E-state index contributed by atoms with van der Waals surface area (Å²) in [6.45, 7) is 1.70. The zero-order valence-corrected chi connectivity index (χ0v) is 12.7. The maximum atomic E-state index is 12.5. The van der Waals surface area contributed by atoms with E-state index >= 15 is 0 Å². The number of rotatable bonds is 3. The number of sulfonamides is 1. The molecule has 108 valence electrons. The number of aromatic nitrogens is 2. The van der Waals surface area contributed by atoms with E-state index in [1.54, 1.807) is 31.2 Å². The van der Waals surface area contributed by atoms with Crippen molar-refractivity contribution in [3.8, 4) is 0 Å². The molecule has 0 bridgehead atoms. The number of hydrogen-bond donors (Lipinski definition) is 2. The van der Waals surface area contributed by atoms with E-state index in [0.29, 0.717) is 22.3 Å². The second-order valence-electron chi connectivity index (χ2n) is 4.45. The molecule has 2 aromatic carbocycles. The molecule has 3 rings (SSSR count). The fraction of sp³-hybridized carbons (Fsp3) is 0.0769. The summed E-state index contributed by atoms with van der Waals surface area (Å²) in [4.78, 5) is 4.18. The van der Waals surface area contributed by atoms with E-state index in [2.05, 4.69) is 14.1 Å². The fourth-order valence-electron chi connectivity index (χ4n) is 2.04. The van der Waals surface area contributed by atoms with Gasteiger partial charge in [-0.15, -0.1) is 0 Å². The van der Waals surface area contributed by atoms with Crippen LogP contribution in [0.5, 0.6) is 0 Å². The van der Waals surface area contributed by atoms with Crippen LogP contribution in [0.3, 0.4) is 0 Å². The van der Waals surface area contributed by atoms with Crippen LogP contribution in [0.4, 0.5) is 10.8 Å². The molecule has 1 aromatic heterocycles. The molecule has 0 amide bonds. The maximum absolute atomic E-state index is 12.5. The second-order valence-corrected chi connectivity index (χ2v) is 6.85. The Balaban J connectivity index is 2.13. The van der Waals surface area contributed by atoms with Crippen molar-refractivity contribution in [2.75, 3.05) is 10.5 Å². The van der Waals surface area contributed by atoms with Gasteiger partial charge in [0.2, 0.25) is 5.13 Å². The summed E-state index contributed by atoms with van der Waals surface area (Å²) in [6, 6.07) is 10.2. The summed E-state index contributed by atoms with van der Waals surface area (Å²) in [5.41, 5.74) is 6.43. The lowest BCUT2D eigenvalue weighted by atomic mass is 10.1. The molecule has 3 N–H and O–H groups in total. The van der Waals surface area contributed by atoms with E-state index in [0.717, 1.165) is 11.5 Å². The molecule has 0 radical (unpaired) electrons. The second kappa shape index (κ2) is 4.97. The minimum Gasteiger partial charge on any atom is -0.398 e. The zero-order chi connectivity index (χ0) is 15.0. The average molecular weight is 320 g/mol. The van der Waals surface area contributed by atoms with Gasteiger partial charge < -0.3 is 5.73 Å². The lowest BCUT2D eigenvalue weighted by molar-refractivity contribution is 0.602. The van der Waals surface area contributed by atoms with Crippen LogP contribution in [0, 0.1) is 6.92 Å². The minimum absolute atomic E-state index is 0.167. The number of nitrogens with two attached hydrogens (primary N) is 1. The molecule has 0 unspecified atom stereocenters. The van der Waals surface area contributed by atoms with Crippen molar-refractivity contribution in [1.29, 1.82) is 0 Å². The topological polar surface area (TPSA) is 98.0 Å². The molecule has 1 heterocycles. The standard InChI is InChI=1S/C13H12N4O2S2/c1-8-15-13(20-16-8)17-21(18,19)12-7-6-11(14)9-4-2-3-5-10(9)12/h2-7H,14H2,1H3,(H,15,16,17). The van der Waals surface area contributed by atoms with Crippen LogP contribution in [0.15, 0.2) is 41.3 Å². The molecule has 3 aromatic rings. The smallest absolute Gasteiger partial charge is 0.264 e. The van der Waals surface area contributed by atoms with Crippen LogP contribution in [-0.2, 0) is 10.0 Å². The molecule has 0 spiro atoms. The monoisotopic (exact) mass is 320 g/mol. The highest BCUT2D eigenvalue weighted by Gasteiger charge is 2.19. The van der Waals surface area contributed by atoms with E-state index in [1.807, 2.05) is 6.07 Å². The molecule has 0 saturated heterocycles. The molecule has 6 nitrogen and oxygen atoms in total. The number of anilines is 2. The van der Waals surface area contributed by atoms with Crippen molar-refractivity contribution < 1.29 is 8.42 Å². The van der Waals surface area contributed by atoms with Crippen molar-refractivity contribution in [1.82, 2.24) is 9.36 Å². The van der Waals surface area contributed by atoms with Gasteiger partial charge in [0.25, 0.3) is 10.0 Å². The fourth-order valence-corrected chi connectivity index (χ4v) is 4.05. The third-order valence-electron chi connectivity index (χ3n) is 2.96. The first-order chi connectivity index (χ1) is 9.97. The van der Waals surface area contributed by atoms with Gasteiger partial charge in [0.15, 0.2) is 0 Å². The molecule has 0 fully saturated rings. The summed E-state index contributed by atoms with van der Waals surface area (Å²) in [5, 5.41) is 1.52. The van der Waals surface area contributed by atoms with Gasteiger partial charge in [0, 0.05) is 28.0 Å². The predicted octanol–water partition coefficient (Wildman–Crippen LogP) is 2.38. The molecule has 0 aliphatic heterocycles. The minimum atomic E-state index is -3.74. The van der Waals surface area contributed by atoms with Crippen LogP contribution < -0.4 is 10.5 Å². The van der Waals surface area contributed by atoms with Gasteiger partial charge in [-0.3, -0.25) is 4.72 Å². The number of nitrogens with zero attached hydrogens (tertiary/aromatic N) is 2. The lowest BCUT2D eigenvalue weighted by Crippen LogP contribution is -2.13. The van der Waals surface area contributed by atoms with Crippen molar-refractivity contribution >= 4 is 43.1 Å². The third-order valence-corrected chi connectivity index (χ3v) is 5.20. The highest BCUT2D eigenvalue weighted by atomic mass is 32.2. The number of hydrogen-bond acceptors (Lipinski definition) is 6. The quantitative estimate of drug-likeness (QED) is 0.722. The molecule has 0 aliphatic rings. The summed E-state index contributed by atoms with van der Waals surface area (Å²) in [6.07, 6.45) is 0. The van der Waals surface area contributed by atoms with Gasteiger partial charge in [-0.05, 0) is 19.1 Å². The Morgan fingerprint density at radius 3 is 2.52 bits per heavy atom. The first kappa shape index (κ1) is 13.8.